The average molecular weight is 455 g/mol. The van der Waals surface area contributed by atoms with E-state index in [0.717, 1.165) is 28.8 Å². The van der Waals surface area contributed by atoms with Gasteiger partial charge in [0.15, 0.2) is 5.16 Å². The van der Waals surface area contributed by atoms with Crippen LogP contribution in [0.5, 0.6) is 0 Å². The smallest absolute Gasteiger partial charge is 0.272 e. The molecule has 10 heteroatoms. The van der Waals surface area contributed by atoms with E-state index in [-0.39, 0.29) is 22.9 Å². The van der Waals surface area contributed by atoms with Crippen molar-refractivity contribution in [3.8, 4) is 5.69 Å². The molecule has 0 unspecified atom stereocenters. The van der Waals surface area contributed by atoms with Gasteiger partial charge in [0.25, 0.3) is 11.2 Å². The quantitative estimate of drug-likeness (QED) is 0.261. The number of carbonyl (C=O) groups is 1. The van der Waals surface area contributed by atoms with Crippen molar-refractivity contribution in [2.24, 2.45) is 0 Å². The molecule has 0 bridgehead atoms. The Morgan fingerprint density at radius 2 is 1.94 bits per heavy atom. The Bertz CT molecular complexity index is 1210. The van der Waals surface area contributed by atoms with Crippen LogP contribution in [0.15, 0.2) is 63.4 Å². The van der Waals surface area contributed by atoms with Gasteiger partial charge in [-0.3, -0.25) is 24.3 Å². The zero-order valence-corrected chi connectivity index (χ0v) is 18.2. The lowest BCUT2D eigenvalue weighted by molar-refractivity contribution is -0.384. The molecule has 0 spiro atoms. The molecule has 1 aliphatic rings. The second-order valence-corrected chi connectivity index (χ2v) is 8.93. The summed E-state index contributed by atoms with van der Waals surface area (Å²) in [4.78, 5) is 41.2. The topological polar surface area (TPSA) is 107 Å². The predicted molar refractivity (Wildman–Crippen MR) is 121 cm³/mol. The Labute approximate surface area is 186 Å². The first-order chi connectivity index (χ1) is 14.9. The summed E-state index contributed by atoms with van der Waals surface area (Å²) in [6.07, 6.45) is 0.694. The number of non-ortho nitro benzene ring substituents is 1. The van der Waals surface area contributed by atoms with E-state index in [1.807, 2.05) is 31.2 Å². The van der Waals surface area contributed by atoms with Gasteiger partial charge in [-0.15, -0.1) is 11.8 Å². The Kier molecular flexibility index (Phi) is 6.10. The van der Waals surface area contributed by atoms with Crippen LogP contribution in [0.3, 0.4) is 0 Å². The number of nitrogens with zero attached hydrogens (tertiary/aromatic N) is 3. The molecule has 1 N–H and O–H groups in total. The van der Waals surface area contributed by atoms with Crippen molar-refractivity contribution in [3.05, 3.63) is 80.3 Å². The summed E-state index contributed by atoms with van der Waals surface area (Å²) in [7, 11) is 0. The number of nitro benzene ring substituents is 1. The van der Waals surface area contributed by atoms with Crippen LogP contribution in [0.1, 0.15) is 11.3 Å². The molecule has 0 radical (unpaired) electrons. The highest BCUT2D eigenvalue weighted by Crippen LogP contribution is 2.30. The van der Waals surface area contributed by atoms with Gasteiger partial charge in [0, 0.05) is 30.0 Å². The molecule has 1 aromatic heterocycles. The Morgan fingerprint density at radius 3 is 2.61 bits per heavy atom. The number of carbonyl (C=O) groups excluding carboxylic acids is 1. The first-order valence-electron chi connectivity index (χ1n) is 9.45. The molecular weight excluding hydrogens is 436 g/mol. The highest BCUT2D eigenvalue weighted by Gasteiger charge is 2.23. The minimum absolute atomic E-state index is 0.0630. The first kappa shape index (κ1) is 21.1. The normalized spacial score (nSPS) is 12.4. The van der Waals surface area contributed by atoms with E-state index in [0.29, 0.717) is 27.8 Å². The minimum Gasteiger partial charge on any atom is -0.325 e. The number of aryl methyl sites for hydroxylation is 2. The monoisotopic (exact) mass is 454 g/mol. The number of thioether (sulfide) groups is 2. The molecule has 0 aliphatic carbocycles. The molecule has 158 valence electrons. The molecule has 0 atom stereocenters. The maximum Gasteiger partial charge on any atom is 0.272 e. The summed E-state index contributed by atoms with van der Waals surface area (Å²) < 4.78 is 1.42. The molecule has 4 rings (SSSR count). The van der Waals surface area contributed by atoms with Crippen molar-refractivity contribution in [3.63, 3.8) is 0 Å². The molecule has 3 aromatic rings. The van der Waals surface area contributed by atoms with E-state index >= 15 is 0 Å². The van der Waals surface area contributed by atoms with Gasteiger partial charge in [0.2, 0.25) is 5.91 Å². The molecular formula is C21H18N4O4S2. The number of fused-ring (bicyclic) bond motifs is 1. The van der Waals surface area contributed by atoms with Crippen molar-refractivity contribution >= 4 is 40.8 Å². The molecule has 2 aromatic carbocycles. The van der Waals surface area contributed by atoms with Gasteiger partial charge in [0.1, 0.15) is 0 Å². The molecule has 1 aliphatic heterocycles. The summed E-state index contributed by atoms with van der Waals surface area (Å²) in [6, 6.07) is 13.2. The maximum absolute atomic E-state index is 13.1. The fraction of sp³-hybridized carbons (Fsp3) is 0.190. The van der Waals surface area contributed by atoms with Gasteiger partial charge in [-0.2, -0.15) is 0 Å². The number of amides is 1. The highest BCUT2D eigenvalue weighted by molar-refractivity contribution is 8.00. The van der Waals surface area contributed by atoms with Crippen molar-refractivity contribution in [2.45, 2.75) is 23.4 Å². The number of aromatic nitrogens is 2. The van der Waals surface area contributed by atoms with Gasteiger partial charge in [-0.25, -0.2) is 4.98 Å². The molecule has 0 fully saturated rings. The van der Waals surface area contributed by atoms with Crippen molar-refractivity contribution in [1.29, 1.82) is 0 Å². The van der Waals surface area contributed by atoms with E-state index in [9.17, 15) is 19.7 Å². The van der Waals surface area contributed by atoms with Crippen LogP contribution in [-0.2, 0) is 11.2 Å². The fourth-order valence-electron chi connectivity index (χ4n) is 3.10. The van der Waals surface area contributed by atoms with Crippen LogP contribution >= 0.6 is 23.5 Å². The molecule has 0 saturated carbocycles. The van der Waals surface area contributed by atoms with E-state index in [2.05, 4.69) is 10.3 Å². The summed E-state index contributed by atoms with van der Waals surface area (Å²) in [5, 5.41) is 14.2. The molecule has 1 amide bonds. The number of rotatable bonds is 6. The van der Waals surface area contributed by atoms with Crippen LogP contribution in [0, 0.1) is 17.0 Å². The van der Waals surface area contributed by atoms with Crippen LogP contribution < -0.4 is 10.9 Å². The average Bonchev–Trinajstić information content (AvgIpc) is 3.23. The maximum atomic E-state index is 13.1. The third-order valence-electron chi connectivity index (χ3n) is 4.65. The minimum atomic E-state index is -0.492. The number of nitrogens with one attached hydrogen (secondary N) is 1. The van der Waals surface area contributed by atoms with E-state index < -0.39 is 4.92 Å². The van der Waals surface area contributed by atoms with Crippen molar-refractivity contribution < 1.29 is 9.72 Å². The SMILES string of the molecule is Cc1ccc(NC(=O)CSc2nc3c(c(=O)n2-c2ccc([N+](=O)[O-])cc2)SCC3)cc1. The van der Waals surface area contributed by atoms with E-state index in [1.165, 1.54) is 40.6 Å². The second kappa shape index (κ2) is 8.94. The number of benzene rings is 2. The third-order valence-corrected chi connectivity index (χ3v) is 6.70. The zero-order valence-electron chi connectivity index (χ0n) is 16.5. The van der Waals surface area contributed by atoms with Gasteiger partial charge < -0.3 is 5.32 Å². The van der Waals surface area contributed by atoms with Gasteiger partial charge in [0.05, 0.1) is 27.0 Å². The number of anilines is 1. The standard InChI is InChI=1S/C21H18N4O4S2/c1-13-2-4-14(5-3-13)22-18(26)12-31-21-23-17-10-11-30-19(17)20(27)24(21)15-6-8-16(9-7-15)25(28)29/h2-9H,10-12H2,1H3,(H,22,26). The van der Waals surface area contributed by atoms with Crippen LogP contribution in [0.25, 0.3) is 5.69 Å². The second-order valence-electron chi connectivity index (χ2n) is 6.89. The predicted octanol–water partition coefficient (Wildman–Crippen LogP) is 3.83. The zero-order chi connectivity index (χ0) is 22.0. The lowest BCUT2D eigenvalue weighted by Gasteiger charge is -2.13. The molecule has 2 heterocycles. The summed E-state index contributed by atoms with van der Waals surface area (Å²) in [6.45, 7) is 1.97. The largest absolute Gasteiger partial charge is 0.325 e. The van der Waals surface area contributed by atoms with Crippen LogP contribution in [-0.4, -0.2) is 31.9 Å². The number of nitro groups is 1. The van der Waals surface area contributed by atoms with Crippen molar-refractivity contribution in [1.82, 2.24) is 9.55 Å². The van der Waals surface area contributed by atoms with Crippen molar-refractivity contribution in [2.75, 3.05) is 16.8 Å². The lowest BCUT2D eigenvalue weighted by atomic mass is 10.2. The van der Waals surface area contributed by atoms with Gasteiger partial charge in [-0.1, -0.05) is 29.5 Å². The molecule has 0 saturated heterocycles. The van der Waals surface area contributed by atoms with E-state index in [1.54, 1.807) is 0 Å². The van der Waals surface area contributed by atoms with E-state index in [4.69, 9.17) is 0 Å². The fourth-order valence-corrected chi connectivity index (χ4v) is 4.96. The number of hydrogen-bond donors (Lipinski definition) is 1. The van der Waals surface area contributed by atoms with Crippen LogP contribution in [0.4, 0.5) is 11.4 Å². The third kappa shape index (κ3) is 4.64. The Balaban J connectivity index is 1.61. The Hall–Kier alpha value is -3.11. The molecule has 31 heavy (non-hydrogen) atoms. The first-order valence-corrected chi connectivity index (χ1v) is 11.4. The lowest BCUT2D eigenvalue weighted by Crippen LogP contribution is -2.24. The Morgan fingerprint density at radius 1 is 1.23 bits per heavy atom. The summed E-state index contributed by atoms with van der Waals surface area (Å²) in [5.74, 6) is 0.632. The van der Waals surface area contributed by atoms with Gasteiger partial charge in [-0.05, 0) is 31.2 Å². The van der Waals surface area contributed by atoms with Crippen LogP contribution in [0.2, 0.25) is 0 Å². The molecule has 8 nitrogen and oxygen atoms in total. The highest BCUT2D eigenvalue weighted by atomic mass is 32.2. The summed E-state index contributed by atoms with van der Waals surface area (Å²) in [5.41, 5.74) is 2.71. The van der Waals surface area contributed by atoms with Gasteiger partial charge >= 0.3 is 0 Å². The summed E-state index contributed by atoms with van der Waals surface area (Å²) >= 11 is 2.61. The number of hydrogen-bond acceptors (Lipinski definition) is 7.